The van der Waals surface area contributed by atoms with Crippen molar-refractivity contribution >= 4 is 38.3 Å². The second-order valence-electron chi connectivity index (χ2n) is 4.90. The molecule has 0 bridgehead atoms. The quantitative estimate of drug-likeness (QED) is 0.714. The van der Waals surface area contributed by atoms with Gasteiger partial charge in [0.15, 0.2) is 0 Å². The Labute approximate surface area is 136 Å². The Balaban J connectivity index is 1.65. The molecule has 0 atom stereocenters. The van der Waals surface area contributed by atoms with Gasteiger partial charge in [-0.3, -0.25) is 0 Å². The zero-order chi connectivity index (χ0) is 16.2. The third kappa shape index (κ3) is 3.51. The Morgan fingerprint density at radius 2 is 1.96 bits per heavy atom. The van der Waals surface area contributed by atoms with Crippen LogP contribution < -0.4 is 4.90 Å². The molecule has 0 spiro atoms. The van der Waals surface area contributed by atoms with Crippen molar-refractivity contribution in [1.82, 2.24) is 4.98 Å². The average Bonchev–Trinajstić information content (AvgIpc) is 2.97. The summed E-state index contributed by atoms with van der Waals surface area (Å²) in [6, 6.07) is 14.5. The van der Waals surface area contributed by atoms with E-state index in [0.29, 0.717) is 11.8 Å². The van der Waals surface area contributed by atoms with E-state index < -0.39 is 5.97 Å². The van der Waals surface area contributed by atoms with Gasteiger partial charge in [0, 0.05) is 12.7 Å². The molecule has 7 heteroatoms. The fourth-order valence-corrected chi connectivity index (χ4v) is 2.83. The number of azo groups is 1. The Morgan fingerprint density at radius 3 is 2.65 bits per heavy atom. The first-order valence-corrected chi connectivity index (χ1v) is 7.73. The van der Waals surface area contributed by atoms with Gasteiger partial charge in [-0.25, -0.2) is 9.78 Å². The molecule has 2 aromatic carbocycles. The second kappa shape index (κ2) is 6.53. The predicted molar refractivity (Wildman–Crippen MR) is 90.8 cm³/mol. The number of benzene rings is 2. The number of thiazole rings is 1. The van der Waals surface area contributed by atoms with E-state index in [1.165, 1.54) is 11.3 Å². The number of anilines is 1. The number of aromatic carboxylic acids is 1. The molecule has 6 nitrogen and oxygen atoms in total. The number of carboxylic acids is 1. The van der Waals surface area contributed by atoms with Crippen molar-refractivity contribution < 1.29 is 9.90 Å². The zero-order valence-electron chi connectivity index (χ0n) is 12.4. The lowest BCUT2D eigenvalue weighted by Crippen LogP contribution is -2.16. The monoisotopic (exact) mass is 326 g/mol. The Kier molecular flexibility index (Phi) is 4.29. The maximum Gasteiger partial charge on any atom is 0.335 e. The van der Waals surface area contributed by atoms with Gasteiger partial charge in [0.1, 0.15) is 6.67 Å². The first-order valence-electron chi connectivity index (χ1n) is 6.91. The molecule has 23 heavy (non-hydrogen) atoms. The van der Waals surface area contributed by atoms with Crippen LogP contribution in [-0.4, -0.2) is 29.8 Å². The highest BCUT2D eigenvalue weighted by Crippen LogP contribution is 2.27. The van der Waals surface area contributed by atoms with E-state index in [-0.39, 0.29) is 5.56 Å². The van der Waals surface area contributed by atoms with Crippen LogP contribution in [0.3, 0.4) is 0 Å². The van der Waals surface area contributed by atoms with Crippen LogP contribution in [-0.2, 0) is 0 Å². The number of hydrogen-bond acceptors (Lipinski definition) is 6. The highest BCUT2D eigenvalue weighted by molar-refractivity contribution is 7.21. The van der Waals surface area contributed by atoms with Crippen molar-refractivity contribution in [1.29, 1.82) is 0 Å². The summed E-state index contributed by atoms with van der Waals surface area (Å²) < 4.78 is 1.08. The van der Waals surface area contributed by atoms with E-state index >= 15 is 0 Å². The molecule has 0 saturated heterocycles. The van der Waals surface area contributed by atoms with E-state index in [1.54, 1.807) is 24.3 Å². The van der Waals surface area contributed by atoms with Gasteiger partial charge in [-0.15, -0.1) is 5.11 Å². The average molecular weight is 326 g/mol. The molecule has 0 aliphatic rings. The van der Waals surface area contributed by atoms with Crippen LogP contribution in [0.1, 0.15) is 10.4 Å². The lowest BCUT2D eigenvalue weighted by Gasteiger charge is -2.15. The fraction of sp³-hybridized carbons (Fsp3) is 0.125. The molecule has 1 N–H and O–H groups in total. The minimum Gasteiger partial charge on any atom is -0.478 e. The first kappa shape index (κ1) is 15.1. The van der Waals surface area contributed by atoms with Gasteiger partial charge in [0.25, 0.3) is 0 Å². The van der Waals surface area contributed by atoms with Crippen LogP contribution in [0, 0.1) is 0 Å². The van der Waals surface area contributed by atoms with E-state index in [0.717, 1.165) is 15.9 Å². The van der Waals surface area contributed by atoms with Gasteiger partial charge in [-0.2, -0.15) is 5.11 Å². The van der Waals surface area contributed by atoms with Crippen molar-refractivity contribution in [3.8, 4) is 0 Å². The van der Waals surface area contributed by atoms with Crippen LogP contribution in [0.2, 0.25) is 0 Å². The molecule has 0 saturated carbocycles. The minimum atomic E-state index is -0.935. The lowest BCUT2D eigenvalue weighted by atomic mass is 10.2. The van der Waals surface area contributed by atoms with Crippen molar-refractivity contribution in [2.24, 2.45) is 10.2 Å². The fourth-order valence-electron chi connectivity index (χ4n) is 2.03. The predicted octanol–water partition coefficient (Wildman–Crippen LogP) is 4.17. The third-order valence-electron chi connectivity index (χ3n) is 3.27. The number of fused-ring (bicyclic) bond motifs is 1. The number of rotatable bonds is 5. The molecule has 1 aromatic heterocycles. The van der Waals surface area contributed by atoms with Crippen LogP contribution in [0.4, 0.5) is 10.8 Å². The number of nitrogens with zero attached hydrogens (tertiary/aromatic N) is 4. The van der Waals surface area contributed by atoms with Crippen molar-refractivity contribution in [2.75, 3.05) is 18.6 Å². The highest BCUT2D eigenvalue weighted by atomic mass is 32.1. The SMILES string of the molecule is CN(C/N=N/c1nc2ccccc2s1)c1ccc(C(=O)O)cc1. The Morgan fingerprint density at radius 1 is 1.22 bits per heavy atom. The largest absolute Gasteiger partial charge is 0.478 e. The van der Waals surface area contributed by atoms with Gasteiger partial charge >= 0.3 is 5.97 Å². The van der Waals surface area contributed by atoms with Crippen LogP contribution in [0.5, 0.6) is 0 Å². The summed E-state index contributed by atoms with van der Waals surface area (Å²) in [5, 5.41) is 17.8. The third-order valence-corrected chi connectivity index (χ3v) is 4.19. The Hall–Kier alpha value is -2.80. The van der Waals surface area contributed by atoms with Crippen molar-refractivity contribution in [2.45, 2.75) is 0 Å². The molecule has 116 valence electrons. The zero-order valence-corrected chi connectivity index (χ0v) is 13.2. The molecule has 0 aliphatic carbocycles. The van der Waals surface area contributed by atoms with Gasteiger partial charge in [0.05, 0.1) is 15.8 Å². The second-order valence-corrected chi connectivity index (χ2v) is 5.91. The molecular formula is C16H14N4O2S. The molecule has 3 aromatic rings. The first-order chi connectivity index (χ1) is 11.1. The summed E-state index contributed by atoms with van der Waals surface area (Å²) in [5.41, 5.74) is 2.06. The number of carboxylic acid groups (broad SMARTS) is 1. The number of hydrogen-bond donors (Lipinski definition) is 1. The summed E-state index contributed by atoms with van der Waals surface area (Å²) >= 11 is 1.49. The van der Waals surface area contributed by atoms with Gasteiger partial charge in [0.2, 0.25) is 5.13 Å². The van der Waals surface area contributed by atoms with Crippen LogP contribution >= 0.6 is 11.3 Å². The lowest BCUT2D eigenvalue weighted by molar-refractivity contribution is 0.0697. The topological polar surface area (TPSA) is 78.2 Å². The van der Waals surface area contributed by atoms with Crippen molar-refractivity contribution in [3.05, 3.63) is 54.1 Å². The molecular weight excluding hydrogens is 312 g/mol. The normalized spacial score (nSPS) is 11.2. The molecule has 1 heterocycles. The summed E-state index contributed by atoms with van der Waals surface area (Å²) in [4.78, 5) is 17.1. The highest BCUT2D eigenvalue weighted by Gasteiger charge is 2.05. The van der Waals surface area contributed by atoms with Crippen molar-refractivity contribution in [3.63, 3.8) is 0 Å². The molecule has 0 aliphatic heterocycles. The van der Waals surface area contributed by atoms with E-state index in [2.05, 4.69) is 15.2 Å². The molecule has 0 amide bonds. The smallest absolute Gasteiger partial charge is 0.335 e. The molecule has 3 rings (SSSR count). The van der Waals surface area contributed by atoms with E-state index in [4.69, 9.17) is 5.11 Å². The number of aromatic nitrogens is 1. The molecule has 0 radical (unpaired) electrons. The van der Waals surface area contributed by atoms with Gasteiger partial charge in [-0.1, -0.05) is 23.5 Å². The molecule has 0 fully saturated rings. The maximum absolute atomic E-state index is 10.8. The van der Waals surface area contributed by atoms with Gasteiger partial charge in [-0.05, 0) is 36.4 Å². The number of para-hydroxylation sites is 1. The molecule has 0 unspecified atom stereocenters. The van der Waals surface area contributed by atoms with E-state index in [1.807, 2.05) is 36.2 Å². The van der Waals surface area contributed by atoms with Crippen LogP contribution in [0.25, 0.3) is 10.2 Å². The Bertz CT molecular complexity index is 825. The van der Waals surface area contributed by atoms with E-state index in [9.17, 15) is 4.79 Å². The minimum absolute atomic E-state index is 0.262. The number of carbonyl (C=O) groups is 1. The summed E-state index contributed by atoms with van der Waals surface area (Å²) in [6.07, 6.45) is 0. The van der Waals surface area contributed by atoms with Gasteiger partial charge < -0.3 is 10.0 Å². The summed E-state index contributed by atoms with van der Waals surface area (Å²) in [6.45, 7) is 0.363. The summed E-state index contributed by atoms with van der Waals surface area (Å²) in [7, 11) is 1.87. The standard InChI is InChI=1S/C16H14N4O2S/c1-20(12-8-6-11(7-9-12)15(21)22)10-17-19-16-18-13-4-2-3-5-14(13)23-16/h2-9H,10H2,1H3,(H,21,22)/b19-17+. The summed E-state index contributed by atoms with van der Waals surface area (Å²) in [5.74, 6) is -0.935. The maximum atomic E-state index is 10.8. The van der Waals surface area contributed by atoms with Crippen LogP contribution in [0.15, 0.2) is 58.8 Å².